The molecule has 0 aromatic heterocycles. The fourth-order valence-electron chi connectivity index (χ4n) is 4.05. The molecule has 9 nitrogen and oxygen atoms in total. The Bertz CT molecular complexity index is 1060. The van der Waals surface area contributed by atoms with Crippen molar-refractivity contribution < 1.29 is 24.2 Å². The number of morpholine rings is 1. The van der Waals surface area contributed by atoms with Crippen LogP contribution in [0.5, 0.6) is 5.75 Å². The molecule has 1 saturated heterocycles. The van der Waals surface area contributed by atoms with Gasteiger partial charge in [-0.25, -0.2) is 0 Å². The molecule has 1 fully saturated rings. The summed E-state index contributed by atoms with van der Waals surface area (Å²) in [5.41, 5.74) is 8.82. The zero-order chi connectivity index (χ0) is 25.4. The lowest BCUT2D eigenvalue weighted by Crippen LogP contribution is -2.43. The number of nitrogens with one attached hydrogen (secondary N) is 2. The molecule has 1 aliphatic heterocycles. The third-order valence-electron chi connectivity index (χ3n) is 5.94. The topological polar surface area (TPSA) is 141 Å². The Morgan fingerprint density at radius 1 is 1.19 bits per heavy atom. The Labute approximate surface area is 217 Å². The minimum atomic E-state index is -1.32. The Hall–Kier alpha value is -3.30. The van der Waals surface area contributed by atoms with E-state index in [1.807, 2.05) is 19.9 Å². The van der Waals surface area contributed by atoms with E-state index in [-0.39, 0.29) is 30.8 Å². The van der Waals surface area contributed by atoms with Crippen LogP contribution in [-0.2, 0) is 27.2 Å². The number of ether oxygens (including phenoxy) is 2. The molecule has 0 bridgehead atoms. The van der Waals surface area contributed by atoms with Crippen molar-refractivity contribution in [1.82, 2.24) is 4.90 Å². The molecule has 0 spiro atoms. The maximum absolute atomic E-state index is 12.7. The van der Waals surface area contributed by atoms with E-state index < -0.39 is 12.0 Å². The first-order chi connectivity index (χ1) is 16.8. The summed E-state index contributed by atoms with van der Waals surface area (Å²) in [6.45, 7) is 5.83. The summed E-state index contributed by atoms with van der Waals surface area (Å²) >= 11 is 0. The summed E-state index contributed by atoms with van der Waals surface area (Å²) in [6, 6.07) is 9.19. The van der Waals surface area contributed by atoms with Crippen molar-refractivity contribution >= 4 is 35.8 Å². The number of rotatable bonds is 11. The number of hydrogen-bond donors (Lipinski definition) is 3. The Kier molecular flexibility index (Phi) is 11.0. The van der Waals surface area contributed by atoms with Gasteiger partial charge in [-0.05, 0) is 54.3 Å². The van der Waals surface area contributed by atoms with E-state index in [9.17, 15) is 14.7 Å². The largest absolute Gasteiger partial charge is 0.548 e. The van der Waals surface area contributed by atoms with E-state index in [1.165, 1.54) is 0 Å². The van der Waals surface area contributed by atoms with Gasteiger partial charge in [0.05, 0.1) is 25.2 Å². The second kappa shape index (κ2) is 13.7. The van der Waals surface area contributed by atoms with E-state index in [4.69, 9.17) is 20.6 Å². The van der Waals surface area contributed by atoms with Crippen LogP contribution in [0.1, 0.15) is 48.6 Å². The number of carboxylic acids is 1. The Morgan fingerprint density at radius 2 is 1.86 bits per heavy atom. The molecule has 3 rings (SSSR count). The van der Waals surface area contributed by atoms with Gasteiger partial charge in [0.25, 0.3) is 5.91 Å². The number of hydrogen-bond acceptors (Lipinski definition) is 7. The number of aryl methyl sites for hydroxylation is 2. The summed E-state index contributed by atoms with van der Waals surface area (Å²) in [6.07, 6.45) is 2.22. The molecule has 0 saturated carbocycles. The van der Waals surface area contributed by atoms with E-state index >= 15 is 0 Å². The molecule has 0 aliphatic carbocycles. The van der Waals surface area contributed by atoms with Gasteiger partial charge < -0.3 is 35.3 Å². The summed E-state index contributed by atoms with van der Waals surface area (Å²) in [7, 11) is 0. The van der Waals surface area contributed by atoms with Crippen molar-refractivity contribution in [2.45, 2.75) is 39.2 Å². The lowest BCUT2D eigenvalue weighted by molar-refractivity contribution is -0.307. The second-order valence-corrected chi connectivity index (χ2v) is 8.45. The number of nitrogens with two attached hydrogens (primary N) is 1. The number of halogens is 1. The smallest absolute Gasteiger partial charge is 0.260 e. The molecule has 1 aliphatic rings. The van der Waals surface area contributed by atoms with Gasteiger partial charge in [0.1, 0.15) is 11.6 Å². The Balaban J connectivity index is 0.00000456. The fourth-order valence-corrected chi connectivity index (χ4v) is 4.05. The van der Waals surface area contributed by atoms with Crippen LogP contribution in [0.15, 0.2) is 36.4 Å². The second-order valence-electron chi connectivity index (χ2n) is 8.45. The third-order valence-corrected chi connectivity index (χ3v) is 5.94. The molecule has 2 aromatic rings. The SMILES string of the molecule is CCCc1cc(CC)cc(C(Nc2ccc(C(=N)N)cc2)C(=O)[O-])c1OCC(=O)N1CCOCC1.Cl. The monoisotopic (exact) mass is 517 g/mol. The third kappa shape index (κ3) is 7.35. The van der Waals surface area contributed by atoms with E-state index in [1.54, 1.807) is 35.2 Å². The first kappa shape index (κ1) is 28.9. The quantitative estimate of drug-likeness (QED) is 0.306. The molecule has 1 heterocycles. The molecular formula is C26H34ClN4O5-. The normalized spacial score (nSPS) is 13.9. The summed E-state index contributed by atoms with van der Waals surface area (Å²) in [4.78, 5) is 26.7. The molecular weight excluding hydrogens is 484 g/mol. The maximum Gasteiger partial charge on any atom is 0.260 e. The lowest BCUT2D eigenvalue weighted by Gasteiger charge is -2.28. The first-order valence-corrected chi connectivity index (χ1v) is 11.9. The van der Waals surface area contributed by atoms with Gasteiger partial charge in [0, 0.05) is 29.9 Å². The fraction of sp³-hybridized carbons (Fsp3) is 0.423. The number of anilines is 1. The molecule has 0 radical (unpaired) electrons. The molecule has 1 amide bonds. The average molecular weight is 518 g/mol. The maximum atomic E-state index is 12.7. The Morgan fingerprint density at radius 3 is 2.42 bits per heavy atom. The summed E-state index contributed by atoms with van der Waals surface area (Å²) < 4.78 is 11.4. The van der Waals surface area contributed by atoms with Gasteiger partial charge in [0.2, 0.25) is 0 Å². The van der Waals surface area contributed by atoms with Crippen LogP contribution in [-0.4, -0.2) is 55.5 Å². The minimum absolute atomic E-state index is 0. The van der Waals surface area contributed by atoms with E-state index in [2.05, 4.69) is 5.32 Å². The highest BCUT2D eigenvalue weighted by Crippen LogP contribution is 2.34. The molecule has 1 unspecified atom stereocenters. The van der Waals surface area contributed by atoms with Crippen molar-refractivity contribution in [2.24, 2.45) is 5.73 Å². The molecule has 10 heteroatoms. The van der Waals surface area contributed by atoms with Gasteiger partial charge in [-0.15, -0.1) is 12.4 Å². The van der Waals surface area contributed by atoms with Crippen LogP contribution in [0.25, 0.3) is 0 Å². The molecule has 4 N–H and O–H groups in total. The van der Waals surface area contributed by atoms with Crippen molar-refractivity contribution in [3.05, 3.63) is 58.7 Å². The highest BCUT2D eigenvalue weighted by molar-refractivity contribution is 5.95. The number of amides is 1. The van der Waals surface area contributed by atoms with E-state index in [0.717, 1.165) is 17.5 Å². The highest BCUT2D eigenvalue weighted by atomic mass is 35.5. The predicted molar refractivity (Wildman–Crippen MR) is 139 cm³/mol. The van der Waals surface area contributed by atoms with Crippen molar-refractivity contribution in [3.8, 4) is 5.75 Å². The molecule has 1 atom stereocenters. The van der Waals surface area contributed by atoms with Crippen LogP contribution in [0.2, 0.25) is 0 Å². The zero-order valence-electron chi connectivity index (χ0n) is 20.7. The molecule has 2 aromatic carbocycles. The number of amidine groups is 1. The van der Waals surface area contributed by atoms with Gasteiger partial charge in [0.15, 0.2) is 6.61 Å². The van der Waals surface area contributed by atoms with Crippen LogP contribution in [0.4, 0.5) is 5.69 Å². The molecule has 196 valence electrons. The lowest BCUT2D eigenvalue weighted by atomic mass is 9.95. The van der Waals surface area contributed by atoms with Crippen molar-refractivity contribution in [3.63, 3.8) is 0 Å². The van der Waals surface area contributed by atoms with Crippen LogP contribution in [0, 0.1) is 5.41 Å². The number of aliphatic carboxylic acids is 1. The van der Waals surface area contributed by atoms with Gasteiger partial charge in [-0.1, -0.05) is 26.3 Å². The average Bonchev–Trinajstić information content (AvgIpc) is 2.86. The number of carbonyl (C=O) groups excluding carboxylic acids is 2. The number of benzene rings is 2. The van der Waals surface area contributed by atoms with Crippen LogP contribution in [0.3, 0.4) is 0 Å². The van der Waals surface area contributed by atoms with Crippen molar-refractivity contribution in [1.29, 1.82) is 5.41 Å². The number of nitrogens with zero attached hydrogens (tertiary/aromatic N) is 1. The highest BCUT2D eigenvalue weighted by Gasteiger charge is 2.24. The first-order valence-electron chi connectivity index (χ1n) is 11.9. The van der Waals surface area contributed by atoms with Crippen molar-refractivity contribution in [2.75, 3.05) is 38.2 Å². The zero-order valence-corrected chi connectivity index (χ0v) is 21.5. The predicted octanol–water partition coefficient (Wildman–Crippen LogP) is 2.05. The van der Waals surface area contributed by atoms with E-state index in [0.29, 0.717) is 61.7 Å². The number of carbonyl (C=O) groups is 2. The minimum Gasteiger partial charge on any atom is -0.548 e. The molecule has 36 heavy (non-hydrogen) atoms. The van der Waals surface area contributed by atoms with Crippen LogP contribution >= 0.6 is 12.4 Å². The van der Waals surface area contributed by atoms with Gasteiger partial charge in [-0.2, -0.15) is 0 Å². The van der Waals surface area contributed by atoms with Gasteiger partial charge >= 0.3 is 0 Å². The summed E-state index contributed by atoms with van der Waals surface area (Å²) in [5, 5.41) is 22.9. The summed E-state index contributed by atoms with van der Waals surface area (Å²) in [5.74, 6) is -1.17. The van der Waals surface area contributed by atoms with Gasteiger partial charge in [-0.3, -0.25) is 10.2 Å². The number of carboxylic acid groups (broad SMARTS) is 1. The number of nitrogen functional groups attached to an aromatic ring is 1. The van der Waals surface area contributed by atoms with Crippen LogP contribution < -0.4 is 20.9 Å². The standard InChI is InChI=1S/C26H34N4O5.ClH/c1-3-5-19-14-17(4-2)15-21(24(19)35-16-22(31)30-10-12-34-13-11-30)23(26(32)33)29-20-8-6-18(7-9-20)25(27)28;/h6-9,14-15,23,29H,3-5,10-13,16H2,1-2H3,(H3,27,28)(H,32,33);1H/p-1.